The highest BCUT2D eigenvalue weighted by atomic mass is 127. The van der Waals surface area contributed by atoms with Gasteiger partial charge in [-0.2, -0.15) is 13.2 Å². The lowest BCUT2D eigenvalue weighted by molar-refractivity contribution is -0.132. The Balaban J connectivity index is 0.00000400. The first kappa shape index (κ1) is 20.8. The molecule has 0 saturated carbocycles. The molecule has 1 N–H and O–H groups in total. The molecule has 1 heterocycles. The number of ether oxygens (including phenoxy) is 1. The van der Waals surface area contributed by atoms with Crippen LogP contribution in [0.3, 0.4) is 0 Å². The zero-order valence-corrected chi connectivity index (χ0v) is 14.9. The Labute approximate surface area is 141 Å². The van der Waals surface area contributed by atoms with Crippen LogP contribution in [-0.2, 0) is 4.74 Å². The summed E-state index contributed by atoms with van der Waals surface area (Å²) in [5.74, 6) is 1.01. The smallest absolute Gasteiger partial charge is 0.381 e. The van der Waals surface area contributed by atoms with E-state index >= 15 is 0 Å². The third-order valence-electron chi connectivity index (χ3n) is 3.13. The lowest BCUT2D eigenvalue weighted by atomic mass is 10.1. The summed E-state index contributed by atoms with van der Waals surface area (Å²) in [7, 11) is 0. The molecule has 1 rings (SSSR count). The largest absolute Gasteiger partial charge is 0.390 e. The van der Waals surface area contributed by atoms with Crippen molar-refractivity contribution in [1.29, 1.82) is 0 Å². The number of halogens is 4. The van der Waals surface area contributed by atoms with Crippen LogP contribution in [-0.4, -0.2) is 56.4 Å². The highest BCUT2D eigenvalue weighted by Crippen LogP contribution is 2.20. The lowest BCUT2D eigenvalue weighted by Crippen LogP contribution is -2.40. The maximum atomic E-state index is 12.2. The van der Waals surface area contributed by atoms with Crippen LogP contribution in [0.2, 0.25) is 0 Å². The molecule has 21 heavy (non-hydrogen) atoms. The number of guanidine groups is 1. The summed E-state index contributed by atoms with van der Waals surface area (Å²) in [6.45, 7) is 7.29. The molecule has 126 valence electrons. The Bertz CT molecular complexity index is 314. The normalized spacial score (nSPS) is 19.6. The lowest BCUT2D eigenvalue weighted by Gasteiger charge is -2.21. The van der Waals surface area contributed by atoms with Crippen LogP contribution in [0.15, 0.2) is 4.99 Å². The third-order valence-corrected chi connectivity index (χ3v) is 3.13. The Morgan fingerprint density at radius 2 is 2.10 bits per heavy atom. The number of hydrogen-bond donors (Lipinski definition) is 1. The maximum absolute atomic E-state index is 12.2. The number of likely N-dealkylation sites (tertiary alicyclic amines) is 1. The van der Waals surface area contributed by atoms with E-state index in [0.29, 0.717) is 31.6 Å². The van der Waals surface area contributed by atoms with Gasteiger partial charge in [-0.3, -0.25) is 4.99 Å². The summed E-state index contributed by atoms with van der Waals surface area (Å²) in [5.41, 5.74) is 0. The third kappa shape index (κ3) is 8.70. The average Bonchev–Trinajstić information content (AvgIpc) is 2.82. The standard InChI is InChI=1S/C13H24F3N3O.HI/c1-3-17-12(18-7-6-13(14,15)16)19-8-5-11(9-19)10-20-4-2;/h11H,3-10H2,1-2H3,(H,17,18);1H. The molecule has 0 spiro atoms. The SMILES string of the molecule is CCNC(=NCCC(F)(F)F)N1CCC(COCC)C1.I. The Hall–Kier alpha value is -0.250. The van der Waals surface area contributed by atoms with Crippen LogP contribution in [0.4, 0.5) is 13.2 Å². The van der Waals surface area contributed by atoms with Crippen molar-refractivity contribution in [2.24, 2.45) is 10.9 Å². The Morgan fingerprint density at radius 3 is 2.67 bits per heavy atom. The molecule has 1 unspecified atom stereocenters. The fourth-order valence-corrected chi connectivity index (χ4v) is 2.16. The first-order valence-corrected chi connectivity index (χ1v) is 7.14. The number of rotatable bonds is 6. The zero-order valence-electron chi connectivity index (χ0n) is 12.6. The van der Waals surface area contributed by atoms with Crippen LogP contribution < -0.4 is 5.32 Å². The molecular weight excluding hydrogens is 398 g/mol. The Kier molecular flexibility index (Phi) is 10.3. The van der Waals surface area contributed by atoms with Gasteiger partial charge in [0.05, 0.1) is 19.6 Å². The van der Waals surface area contributed by atoms with E-state index in [0.717, 1.165) is 19.5 Å². The second kappa shape index (κ2) is 10.5. The van der Waals surface area contributed by atoms with Crippen molar-refractivity contribution < 1.29 is 17.9 Å². The van der Waals surface area contributed by atoms with Crippen LogP contribution in [0.1, 0.15) is 26.7 Å². The van der Waals surface area contributed by atoms with Gasteiger partial charge in [-0.05, 0) is 20.3 Å². The highest BCUT2D eigenvalue weighted by molar-refractivity contribution is 14.0. The highest BCUT2D eigenvalue weighted by Gasteiger charge is 2.27. The molecule has 0 aromatic heterocycles. The first-order valence-electron chi connectivity index (χ1n) is 7.14. The van der Waals surface area contributed by atoms with Gasteiger partial charge in [-0.25, -0.2) is 0 Å². The predicted molar refractivity (Wildman–Crippen MR) is 88.2 cm³/mol. The number of alkyl halides is 3. The van der Waals surface area contributed by atoms with Gasteiger partial charge in [0.15, 0.2) is 5.96 Å². The summed E-state index contributed by atoms with van der Waals surface area (Å²) >= 11 is 0. The van der Waals surface area contributed by atoms with Gasteiger partial charge in [-0.15, -0.1) is 24.0 Å². The van der Waals surface area contributed by atoms with E-state index in [1.165, 1.54) is 0 Å². The molecule has 4 nitrogen and oxygen atoms in total. The second-order valence-corrected chi connectivity index (χ2v) is 4.86. The van der Waals surface area contributed by atoms with Crippen molar-refractivity contribution in [3.05, 3.63) is 0 Å². The van der Waals surface area contributed by atoms with Gasteiger partial charge in [0.2, 0.25) is 0 Å². The van der Waals surface area contributed by atoms with Crippen LogP contribution >= 0.6 is 24.0 Å². The monoisotopic (exact) mass is 423 g/mol. The number of nitrogens with one attached hydrogen (secondary N) is 1. The molecule has 0 amide bonds. The van der Waals surface area contributed by atoms with Gasteiger partial charge in [0.25, 0.3) is 0 Å². The van der Waals surface area contributed by atoms with Crippen LogP contribution in [0.25, 0.3) is 0 Å². The molecule has 1 fully saturated rings. The molecule has 0 aliphatic carbocycles. The predicted octanol–water partition coefficient (Wildman–Crippen LogP) is 2.88. The molecule has 0 bridgehead atoms. The molecule has 0 aromatic carbocycles. The first-order chi connectivity index (χ1) is 9.46. The topological polar surface area (TPSA) is 36.9 Å². The molecule has 1 saturated heterocycles. The number of aliphatic imine (C=N–C) groups is 1. The summed E-state index contributed by atoms with van der Waals surface area (Å²) in [5, 5.41) is 3.06. The van der Waals surface area contributed by atoms with E-state index in [-0.39, 0.29) is 30.5 Å². The molecular formula is C13H25F3IN3O. The van der Waals surface area contributed by atoms with Crippen molar-refractivity contribution in [2.75, 3.05) is 39.4 Å². The van der Waals surface area contributed by atoms with Crippen LogP contribution in [0.5, 0.6) is 0 Å². The van der Waals surface area contributed by atoms with Gasteiger partial charge in [0.1, 0.15) is 0 Å². The summed E-state index contributed by atoms with van der Waals surface area (Å²) < 4.78 is 41.8. The number of nitrogens with zero attached hydrogens (tertiary/aromatic N) is 2. The maximum Gasteiger partial charge on any atom is 0.390 e. The number of hydrogen-bond acceptors (Lipinski definition) is 2. The van der Waals surface area contributed by atoms with E-state index < -0.39 is 12.6 Å². The van der Waals surface area contributed by atoms with E-state index in [1.807, 2.05) is 18.7 Å². The van der Waals surface area contributed by atoms with Crippen molar-refractivity contribution in [2.45, 2.75) is 32.9 Å². The summed E-state index contributed by atoms with van der Waals surface area (Å²) in [6, 6.07) is 0. The molecule has 1 atom stereocenters. The minimum atomic E-state index is -4.15. The zero-order chi connectivity index (χ0) is 15.0. The van der Waals surface area contributed by atoms with Gasteiger partial charge in [-0.1, -0.05) is 0 Å². The van der Waals surface area contributed by atoms with Crippen molar-refractivity contribution in [1.82, 2.24) is 10.2 Å². The van der Waals surface area contributed by atoms with Crippen molar-refractivity contribution in [3.8, 4) is 0 Å². The van der Waals surface area contributed by atoms with Crippen molar-refractivity contribution >= 4 is 29.9 Å². The Morgan fingerprint density at radius 1 is 1.38 bits per heavy atom. The second-order valence-electron chi connectivity index (χ2n) is 4.86. The summed E-state index contributed by atoms with van der Waals surface area (Å²) in [6.07, 6.45) is -4.04. The molecule has 0 aromatic rings. The quantitative estimate of drug-likeness (QED) is 0.406. The van der Waals surface area contributed by atoms with Crippen LogP contribution in [0, 0.1) is 5.92 Å². The van der Waals surface area contributed by atoms with Gasteiger partial charge >= 0.3 is 6.18 Å². The molecule has 1 aliphatic heterocycles. The average molecular weight is 423 g/mol. The van der Waals surface area contributed by atoms with Gasteiger partial charge < -0.3 is 15.0 Å². The fourth-order valence-electron chi connectivity index (χ4n) is 2.16. The van der Waals surface area contributed by atoms with E-state index in [1.54, 1.807) is 0 Å². The van der Waals surface area contributed by atoms with E-state index in [2.05, 4.69) is 10.3 Å². The fraction of sp³-hybridized carbons (Fsp3) is 0.923. The van der Waals surface area contributed by atoms with E-state index in [4.69, 9.17) is 4.74 Å². The summed E-state index contributed by atoms with van der Waals surface area (Å²) in [4.78, 5) is 6.08. The van der Waals surface area contributed by atoms with E-state index in [9.17, 15) is 13.2 Å². The van der Waals surface area contributed by atoms with Crippen molar-refractivity contribution in [3.63, 3.8) is 0 Å². The minimum absolute atomic E-state index is 0. The molecule has 1 aliphatic rings. The molecule has 0 radical (unpaired) electrons. The van der Waals surface area contributed by atoms with Gasteiger partial charge in [0, 0.05) is 32.2 Å². The molecule has 8 heteroatoms. The minimum Gasteiger partial charge on any atom is -0.381 e.